The molecule has 0 aromatic rings. The molecule has 0 heterocycles. The van der Waals surface area contributed by atoms with E-state index in [1.165, 1.54) is 12.0 Å². The van der Waals surface area contributed by atoms with Gasteiger partial charge in [-0.05, 0) is 50.4 Å². The summed E-state index contributed by atoms with van der Waals surface area (Å²) in [7, 11) is 0. The van der Waals surface area contributed by atoms with Gasteiger partial charge in [-0.3, -0.25) is 4.79 Å². The van der Waals surface area contributed by atoms with Crippen LogP contribution in [0.3, 0.4) is 0 Å². The molecule has 2 unspecified atom stereocenters. The number of Topliss-reactive ketones (excluding diaryl/α,β-unsaturated/α-hetero) is 1. The summed E-state index contributed by atoms with van der Waals surface area (Å²) in [6, 6.07) is 0. The second kappa shape index (κ2) is 4.73. The molecule has 3 atom stereocenters. The van der Waals surface area contributed by atoms with Gasteiger partial charge in [0, 0.05) is 12.3 Å². The van der Waals surface area contributed by atoms with E-state index in [0.29, 0.717) is 17.6 Å². The lowest BCUT2D eigenvalue weighted by Crippen LogP contribution is -2.32. The molecule has 0 N–H and O–H groups in total. The lowest BCUT2D eigenvalue weighted by atomic mass is 9.67. The molecule has 0 spiro atoms. The smallest absolute Gasteiger partial charge is 0.136 e. The van der Waals surface area contributed by atoms with Crippen LogP contribution < -0.4 is 0 Å². The van der Waals surface area contributed by atoms with Crippen molar-refractivity contribution in [3.63, 3.8) is 0 Å². The molecule has 2 bridgehead atoms. The molecule has 1 fully saturated rings. The maximum Gasteiger partial charge on any atom is 0.136 e. The van der Waals surface area contributed by atoms with E-state index in [4.69, 9.17) is 0 Å². The van der Waals surface area contributed by atoms with Gasteiger partial charge in [0.2, 0.25) is 0 Å². The van der Waals surface area contributed by atoms with Crippen molar-refractivity contribution in [2.45, 2.75) is 52.9 Å². The Morgan fingerprint density at radius 3 is 2.69 bits per heavy atom. The number of carbonyl (C=O) groups is 1. The molecule has 0 aromatic carbocycles. The highest BCUT2D eigenvalue weighted by molar-refractivity contribution is 5.81. The Bertz CT molecular complexity index is 301. The maximum absolute atomic E-state index is 12.0. The lowest BCUT2D eigenvalue weighted by Gasteiger charge is -2.38. The molecule has 0 aliphatic heterocycles. The van der Waals surface area contributed by atoms with E-state index in [1.54, 1.807) is 0 Å². The van der Waals surface area contributed by atoms with Gasteiger partial charge in [-0.25, -0.2) is 0 Å². The molecule has 1 heteroatoms. The normalized spacial score (nSPS) is 38.9. The monoisotopic (exact) mass is 220 g/mol. The number of rotatable bonds is 1. The van der Waals surface area contributed by atoms with Crippen LogP contribution in [-0.4, -0.2) is 5.78 Å². The maximum atomic E-state index is 12.0. The molecular formula is C15H24O. The number of allylic oxidation sites excluding steroid dienone is 2. The predicted octanol–water partition coefficient (Wildman–Crippen LogP) is 3.98. The molecule has 2 aliphatic rings. The van der Waals surface area contributed by atoms with Gasteiger partial charge in [0.25, 0.3) is 0 Å². The first-order valence-electron chi connectivity index (χ1n) is 6.78. The third-order valence-electron chi connectivity index (χ3n) is 4.53. The lowest BCUT2D eigenvalue weighted by molar-refractivity contribution is -0.124. The van der Waals surface area contributed by atoms with Crippen LogP contribution in [0.4, 0.5) is 0 Å². The molecule has 0 aromatic heterocycles. The fraction of sp³-hybridized carbons (Fsp3) is 0.800. The summed E-state index contributed by atoms with van der Waals surface area (Å²) in [5.74, 6) is 3.13. The quantitative estimate of drug-likeness (QED) is 0.611. The highest BCUT2D eigenvalue weighted by Crippen LogP contribution is 2.41. The fourth-order valence-electron chi connectivity index (χ4n) is 3.51. The van der Waals surface area contributed by atoms with Crippen molar-refractivity contribution in [2.75, 3.05) is 0 Å². The average molecular weight is 220 g/mol. The van der Waals surface area contributed by atoms with Crippen LogP contribution in [0.25, 0.3) is 0 Å². The zero-order valence-corrected chi connectivity index (χ0v) is 10.8. The molecule has 2 rings (SSSR count). The number of hydrogen-bond acceptors (Lipinski definition) is 1. The Morgan fingerprint density at radius 1 is 1.25 bits per heavy atom. The Kier molecular flexibility index (Phi) is 3.51. The van der Waals surface area contributed by atoms with Crippen molar-refractivity contribution in [1.82, 2.24) is 0 Å². The van der Waals surface area contributed by atoms with Crippen LogP contribution in [0, 0.1) is 23.7 Å². The van der Waals surface area contributed by atoms with Gasteiger partial charge in [-0.15, -0.1) is 0 Å². The van der Waals surface area contributed by atoms with E-state index in [2.05, 4.69) is 26.8 Å². The zero-order chi connectivity index (χ0) is 11.7. The van der Waals surface area contributed by atoms with Gasteiger partial charge in [-0.1, -0.05) is 25.5 Å². The van der Waals surface area contributed by atoms with Crippen LogP contribution in [0.2, 0.25) is 0 Å². The molecule has 0 amide bonds. The Morgan fingerprint density at radius 2 is 2.00 bits per heavy atom. The highest BCUT2D eigenvalue weighted by atomic mass is 16.1. The molecular weight excluding hydrogens is 196 g/mol. The largest absolute Gasteiger partial charge is 0.299 e. The van der Waals surface area contributed by atoms with Crippen LogP contribution in [-0.2, 0) is 4.79 Å². The molecule has 1 nitrogen and oxygen atoms in total. The summed E-state index contributed by atoms with van der Waals surface area (Å²) >= 11 is 0. The van der Waals surface area contributed by atoms with Crippen molar-refractivity contribution < 1.29 is 4.79 Å². The van der Waals surface area contributed by atoms with Gasteiger partial charge >= 0.3 is 0 Å². The van der Waals surface area contributed by atoms with Crippen molar-refractivity contribution in [1.29, 1.82) is 0 Å². The summed E-state index contributed by atoms with van der Waals surface area (Å²) in [6.45, 7) is 6.85. The highest BCUT2D eigenvalue weighted by Gasteiger charge is 2.34. The standard InChI is InChI=1S/C15H24O/c1-10(2)14-6-5-12-9-13(14)8-11(3)4-7-15(12)16/h8,10,12-14H,4-7,9H2,1-3H3/b11-8-/t12?,13?,14-/m1/s1. The van der Waals surface area contributed by atoms with E-state index >= 15 is 0 Å². The summed E-state index contributed by atoms with van der Waals surface area (Å²) in [5.41, 5.74) is 1.43. The van der Waals surface area contributed by atoms with Crippen molar-refractivity contribution in [3.8, 4) is 0 Å². The molecule has 0 radical (unpaired) electrons. The van der Waals surface area contributed by atoms with E-state index in [-0.39, 0.29) is 0 Å². The van der Waals surface area contributed by atoms with Crippen LogP contribution in [0.1, 0.15) is 52.9 Å². The first-order valence-corrected chi connectivity index (χ1v) is 6.78. The predicted molar refractivity (Wildman–Crippen MR) is 67.2 cm³/mol. The first kappa shape index (κ1) is 11.9. The van der Waals surface area contributed by atoms with Gasteiger partial charge in [0.15, 0.2) is 0 Å². The Balaban J connectivity index is 2.21. The SMILES string of the molecule is C/C1=C/C2CC(CC[C@@H]2C(C)C)C(=O)CC1. The number of fused-ring (bicyclic) bond motifs is 2. The number of ketones is 1. The van der Waals surface area contributed by atoms with Gasteiger partial charge in [-0.2, -0.15) is 0 Å². The van der Waals surface area contributed by atoms with E-state index < -0.39 is 0 Å². The number of hydrogen-bond donors (Lipinski definition) is 0. The summed E-state index contributed by atoms with van der Waals surface area (Å²) in [5, 5.41) is 0. The topological polar surface area (TPSA) is 17.1 Å². The zero-order valence-electron chi connectivity index (χ0n) is 10.8. The minimum Gasteiger partial charge on any atom is -0.299 e. The Labute approximate surface area is 99.3 Å². The van der Waals surface area contributed by atoms with Gasteiger partial charge < -0.3 is 0 Å². The second-order valence-electron chi connectivity index (χ2n) is 6.06. The Hall–Kier alpha value is -0.590. The molecule has 2 aliphatic carbocycles. The van der Waals surface area contributed by atoms with E-state index in [1.807, 2.05) is 0 Å². The van der Waals surface area contributed by atoms with E-state index in [9.17, 15) is 4.79 Å². The minimum atomic E-state index is 0.379. The van der Waals surface area contributed by atoms with Crippen LogP contribution >= 0.6 is 0 Å². The molecule has 0 saturated heterocycles. The van der Waals surface area contributed by atoms with Gasteiger partial charge in [0.1, 0.15) is 5.78 Å². The van der Waals surface area contributed by atoms with Gasteiger partial charge in [0.05, 0.1) is 0 Å². The van der Waals surface area contributed by atoms with Crippen molar-refractivity contribution >= 4 is 5.78 Å². The molecule has 90 valence electrons. The van der Waals surface area contributed by atoms with Crippen LogP contribution in [0.15, 0.2) is 11.6 Å². The van der Waals surface area contributed by atoms with Crippen molar-refractivity contribution in [2.24, 2.45) is 23.7 Å². The van der Waals surface area contributed by atoms with E-state index in [0.717, 1.165) is 37.5 Å². The summed E-state index contributed by atoms with van der Waals surface area (Å²) < 4.78 is 0. The second-order valence-corrected chi connectivity index (χ2v) is 6.06. The molecule has 1 saturated carbocycles. The third-order valence-corrected chi connectivity index (χ3v) is 4.53. The minimum absolute atomic E-state index is 0.379. The summed E-state index contributed by atoms with van der Waals surface area (Å²) in [4.78, 5) is 12.0. The number of carbonyl (C=O) groups excluding carboxylic acids is 1. The fourth-order valence-corrected chi connectivity index (χ4v) is 3.51. The summed E-state index contributed by atoms with van der Waals surface area (Å²) in [6.07, 6.45) is 7.78. The first-order chi connectivity index (χ1) is 7.58. The van der Waals surface area contributed by atoms with Crippen LogP contribution in [0.5, 0.6) is 0 Å². The average Bonchev–Trinajstić information content (AvgIpc) is 2.24. The van der Waals surface area contributed by atoms with Crippen molar-refractivity contribution in [3.05, 3.63) is 11.6 Å². The third kappa shape index (κ3) is 2.39. The molecule has 16 heavy (non-hydrogen) atoms.